The number of nitrogens with one attached hydrogen (secondary N) is 2. The van der Waals surface area contributed by atoms with E-state index in [1.165, 1.54) is 0 Å². The van der Waals surface area contributed by atoms with Crippen molar-refractivity contribution in [3.63, 3.8) is 0 Å². The van der Waals surface area contributed by atoms with Crippen LogP contribution in [0.15, 0.2) is 30.3 Å². The molecular formula is C19H24FN5O. The van der Waals surface area contributed by atoms with Crippen LogP contribution in [0.4, 0.5) is 21.7 Å². The Labute approximate surface area is 152 Å². The van der Waals surface area contributed by atoms with Crippen LogP contribution in [0, 0.1) is 12.7 Å². The van der Waals surface area contributed by atoms with Crippen molar-refractivity contribution in [2.75, 3.05) is 10.6 Å². The third-order valence-corrected chi connectivity index (χ3v) is 4.78. The van der Waals surface area contributed by atoms with Gasteiger partial charge in [-0.15, -0.1) is 0 Å². The highest BCUT2D eigenvalue weighted by Gasteiger charge is 2.24. The third kappa shape index (κ3) is 3.94. The van der Waals surface area contributed by atoms with Crippen molar-refractivity contribution in [2.24, 2.45) is 11.5 Å². The van der Waals surface area contributed by atoms with Crippen LogP contribution in [0.2, 0.25) is 0 Å². The van der Waals surface area contributed by atoms with Crippen molar-refractivity contribution < 1.29 is 9.18 Å². The number of carbonyl (C=O) groups is 1. The van der Waals surface area contributed by atoms with Gasteiger partial charge in [0, 0.05) is 17.8 Å². The lowest BCUT2D eigenvalue weighted by Gasteiger charge is -2.30. The molecule has 6 nitrogen and oxygen atoms in total. The monoisotopic (exact) mass is 357 g/mol. The molecule has 0 spiro atoms. The van der Waals surface area contributed by atoms with Crippen molar-refractivity contribution >= 4 is 23.2 Å². The van der Waals surface area contributed by atoms with Crippen LogP contribution in [-0.2, 0) is 0 Å². The van der Waals surface area contributed by atoms with Crippen LogP contribution in [0.5, 0.6) is 0 Å². The molecule has 1 aliphatic rings. The van der Waals surface area contributed by atoms with Gasteiger partial charge in [0.05, 0.1) is 5.56 Å². The number of amides is 1. The van der Waals surface area contributed by atoms with Gasteiger partial charge in [0.15, 0.2) is 11.6 Å². The molecule has 1 aromatic heterocycles. The maximum atomic E-state index is 14.5. The van der Waals surface area contributed by atoms with E-state index in [0.717, 1.165) is 43.0 Å². The highest BCUT2D eigenvalue weighted by Crippen LogP contribution is 2.27. The highest BCUT2D eigenvalue weighted by atomic mass is 19.1. The largest absolute Gasteiger partial charge is 0.365 e. The van der Waals surface area contributed by atoms with Crippen LogP contribution in [0.3, 0.4) is 0 Å². The predicted octanol–water partition coefficient (Wildman–Crippen LogP) is 3.05. The standard InChI is InChI=1S/C19H24FN5O/c1-11-6-2-4-8-15(11)23-18-12(17(22)26)10-13(20)19(25-18)24-16-9-5-3-7-14(16)21/h2,4,6,8,10,14,16H,3,5,7,9,21H2,1H3,(H2,22,26)(H2,23,24,25)/t14?,16-/m1/s1. The number of aryl methyl sites for hydroxylation is 1. The molecule has 0 saturated heterocycles. The van der Waals surface area contributed by atoms with Gasteiger partial charge >= 0.3 is 0 Å². The number of primary amides is 1. The van der Waals surface area contributed by atoms with Crippen molar-refractivity contribution in [1.29, 1.82) is 0 Å². The van der Waals surface area contributed by atoms with Crippen LogP contribution in [0.1, 0.15) is 41.6 Å². The van der Waals surface area contributed by atoms with E-state index >= 15 is 0 Å². The van der Waals surface area contributed by atoms with E-state index in [4.69, 9.17) is 11.5 Å². The minimum Gasteiger partial charge on any atom is -0.365 e. The second-order valence-electron chi connectivity index (χ2n) is 6.72. The maximum absolute atomic E-state index is 14.5. The fourth-order valence-corrected chi connectivity index (χ4v) is 3.23. The maximum Gasteiger partial charge on any atom is 0.252 e. The summed E-state index contributed by atoms with van der Waals surface area (Å²) in [4.78, 5) is 16.0. The topological polar surface area (TPSA) is 106 Å². The molecular weight excluding hydrogens is 333 g/mol. The van der Waals surface area contributed by atoms with E-state index in [0.29, 0.717) is 0 Å². The van der Waals surface area contributed by atoms with Gasteiger partial charge < -0.3 is 22.1 Å². The molecule has 0 radical (unpaired) electrons. The van der Waals surface area contributed by atoms with Gasteiger partial charge in [-0.25, -0.2) is 9.37 Å². The number of carbonyl (C=O) groups excluding carboxylic acids is 1. The molecule has 1 fully saturated rings. The number of nitrogens with two attached hydrogens (primary N) is 2. The molecule has 2 aromatic rings. The molecule has 1 unspecified atom stereocenters. The Kier molecular flexibility index (Phi) is 5.37. The Hall–Kier alpha value is -2.67. The van der Waals surface area contributed by atoms with Gasteiger partial charge in [-0.1, -0.05) is 31.0 Å². The van der Waals surface area contributed by atoms with Crippen molar-refractivity contribution in [1.82, 2.24) is 4.98 Å². The van der Waals surface area contributed by atoms with Crippen LogP contribution >= 0.6 is 0 Å². The van der Waals surface area contributed by atoms with Gasteiger partial charge in [0.2, 0.25) is 0 Å². The number of hydrogen-bond donors (Lipinski definition) is 4. The molecule has 2 atom stereocenters. The quantitative estimate of drug-likeness (QED) is 0.658. The summed E-state index contributed by atoms with van der Waals surface area (Å²) in [6.45, 7) is 1.93. The molecule has 1 aliphatic carbocycles. The average molecular weight is 357 g/mol. The average Bonchev–Trinajstić information content (AvgIpc) is 2.61. The van der Waals surface area contributed by atoms with Gasteiger partial charge in [0.25, 0.3) is 5.91 Å². The smallest absolute Gasteiger partial charge is 0.252 e. The number of anilines is 3. The minimum absolute atomic E-state index is 0.00393. The van der Waals surface area contributed by atoms with E-state index in [2.05, 4.69) is 15.6 Å². The highest BCUT2D eigenvalue weighted by molar-refractivity contribution is 5.98. The van der Waals surface area contributed by atoms with Gasteiger partial charge in [-0.05, 0) is 37.5 Å². The first-order chi connectivity index (χ1) is 12.5. The van der Waals surface area contributed by atoms with Gasteiger partial charge in [-0.3, -0.25) is 4.79 Å². The summed E-state index contributed by atoms with van der Waals surface area (Å²) in [5.74, 6) is -1.06. The second kappa shape index (κ2) is 7.70. The van der Waals surface area contributed by atoms with Gasteiger partial charge in [-0.2, -0.15) is 0 Å². The number of aromatic nitrogens is 1. The second-order valence-corrected chi connectivity index (χ2v) is 6.72. The molecule has 1 saturated carbocycles. The number of benzene rings is 1. The third-order valence-electron chi connectivity index (χ3n) is 4.78. The van der Waals surface area contributed by atoms with Crippen molar-refractivity contribution in [3.8, 4) is 0 Å². The minimum atomic E-state index is -0.742. The van der Waals surface area contributed by atoms with Crippen molar-refractivity contribution in [2.45, 2.75) is 44.7 Å². The van der Waals surface area contributed by atoms with Crippen LogP contribution < -0.4 is 22.1 Å². The number of para-hydroxylation sites is 1. The zero-order chi connectivity index (χ0) is 18.7. The lowest BCUT2D eigenvalue weighted by molar-refractivity contribution is 0.100. The summed E-state index contributed by atoms with van der Waals surface area (Å²) < 4.78 is 14.5. The Bertz CT molecular complexity index is 811. The van der Waals surface area contributed by atoms with E-state index in [9.17, 15) is 9.18 Å². The Balaban J connectivity index is 1.93. The zero-order valence-electron chi connectivity index (χ0n) is 14.8. The number of nitrogens with zero attached hydrogens (tertiary/aromatic N) is 1. The summed E-state index contributed by atoms with van der Waals surface area (Å²) in [5.41, 5.74) is 13.3. The Morgan fingerprint density at radius 1 is 1.23 bits per heavy atom. The lowest BCUT2D eigenvalue weighted by atomic mass is 9.91. The van der Waals surface area contributed by atoms with Gasteiger partial charge in [0.1, 0.15) is 5.82 Å². The number of rotatable bonds is 5. The molecule has 138 valence electrons. The predicted molar refractivity (Wildman–Crippen MR) is 101 cm³/mol. The van der Waals surface area contributed by atoms with E-state index in [1.54, 1.807) is 0 Å². The molecule has 0 aliphatic heterocycles. The number of pyridine rings is 1. The number of halogens is 1. The molecule has 3 rings (SSSR count). The molecule has 1 amide bonds. The summed E-state index contributed by atoms with van der Waals surface area (Å²) >= 11 is 0. The summed E-state index contributed by atoms with van der Waals surface area (Å²) in [5, 5.41) is 6.19. The fourth-order valence-electron chi connectivity index (χ4n) is 3.23. The van der Waals surface area contributed by atoms with Crippen LogP contribution in [0.25, 0.3) is 0 Å². The van der Waals surface area contributed by atoms with E-state index < -0.39 is 11.7 Å². The first-order valence-electron chi connectivity index (χ1n) is 8.81. The number of hydrogen-bond acceptors (Lipinski definition) is 5. The summed E-state index contributed by atoms with van der Waals surface area (Å²) in [6.07, 6.45) is 3.88. The first-order valence-corrected chi connectivity index (χ1v) is 8.81. The molecule has 1 aromatic carbocycles. The first kappa shape index (κ1) is 18.1. The van der Waals surface area contributed by atoms with E-state index in [-0.39, 0.29) is 29.3 Å². The molecule has 6 N–H and O–H groups in total. The lowest BCUT2D eigenvalue weighted by Crippen LogP contribution is -2.43. The molecule has 0 bridgehead atoms. The Morgan fingerprint density at radius 3 is 2.65 bits per heavy atom. The normalized spacial score (nSPS) is 19.8. The molecule has 26 heavy (non-hydrogen) atoms. The molecule has 1 heterocycles. The molecule has 7 heteroatoms. The SMILES string of the molecule is Cc1ccccc1Nc1nc(N[C@@H]2CCCCC2N)c(F)cc1C(N)=O. The van der Waals surface area contributed by atoms with Crippen LogP contribution in [-0.4, -0.2) is 23.0 Å². The summed E-state index contributed by atoms with van der Waals surface area (Å²) in [6, 6.07) is 8.58. The summed E-state index contributed by atoms with van der Waals surface area (Å²) in [7, 11) is 0. The van der Waals surface area contributed by atoms with E-state index in [1.807, 2.05) is 31.2 Å². The Morgan fingerprint density at radius 2 is 1.96 bits per heavy atom. The zero-order valence-corrected chi connectivity index (χ0v) is 14.8. The van der Waals surface area contributed by atoms with Crippen molar-refractivity contribution in [3.05, 3.63) is 47.3 Å². The fraction of sp³-hybridized carbons (Fsp3) is 0.368.